The molecule has 0 amide bonds. The third kappa shape index (κ3) is 3.10. The van der Waals surface area contributed by atoms with Crippen LogP contribution in [0.25, 0.3) is 0 Å². The summed E-state index contributed by atoms with van der Waals surface area (Å²) >= 11 is 0. The molecule has 1 atom stereocenters. The molecule has 0 bridgehead atoms. The van der Waals surface area contributed by atoms with Gasteiger partial charge in [-0.2, -0.15) is 13.2 Å². The average molecular weight is 270 g/mol. The molecule has 1 heterocycles. The van der Waals surface area contributed by atoms with Crippen LogP contribution in [-0.2, 0) is 0 Å². The van der Waals surface area contributed by atoms with Gasteiger partial charge in [-0.15, -0.1) is 0 Å². The Balaban J connectivity index is 2.21. The summed E-state index contributed by atoms with van der Waals surface area (Å²) in [5.41, 5.74) is 7.36. The van der Waals surface area contributed by atoms with Crippen LogP contribution in [0.5, 0.6) is 0 Å². The van der Waals surface area contributed by atoms with Gasteiger partial charge in [0.2, 0.25) is 0 Å². The fraction of sp³-hybridized carbons (Fsp3) is 0.429. The molecule has 0 spiro atoms. The van der Waals surface area contributed by atoms with E-state index < -0.39 is 11.7 Å². The van der Waals surface area contributed by atoms with E-state index in [0.717, 1.165) is 11.3 Å². The van der Waals surface area contributed by atoms with E-state index >= 15 is 0 Å². The summed E-state index contributed by atoms with van der Waals surface area (Å²) in [7, 11) is 0. The van der Waals surface area contributed by atoms with Crippen molar-refractivity contribution in [2.45, 2.75) is 25.6 Å². The SMILES string of the molecule is C[C@@H](N)c1ccccc1N1CC=C(C(F)(F)F)CC1. The number of halogens is 3. The number of anilines is 1. The van der Waals surface area contributed by atoms with Crippen molar-refractivity contribution in [3.8, 4) is 0 Å². The number of alkyl halides is 3. The number of nitrogens with two attached hydrogens (primary N) is 1. The van der Waals surface area contributed by atoms with Crippen LogP contribution in [0.4, 0.5) is 18.9 Å². The van der Waals surface area contributed by atoms with Crippen LogP contribution in [0.2, 0.25) is 0 Å². The quantitative estimate of drug-likeness (QED) is 0.834. The van der Waals surface area contributed by atoms with E-state index in [-0.39, 0.29) is 19.0 Å². The van der Waals surface area contributed by atoms with E-state index in [1.807, 2.05) is 36.1 Å². The minimum atomic E-state index is -4.20. The molecule has 0 unspecified atom stereocenters. The summed E-state index contributed by atoms with van der Waals surface area (Å²) in [5.74, 6) is 0. The van der Waals surface area contributed by atoms with Gasteiger partial charge in [0.25, 0.3) is 0 Å². The number of para-hydroxylation sites is 1. The molecule has 1 aliphatic heterocycles. The first kappa shape index (κ1) is 13.9. The molecule has 1 aliphatic rings. The number of nitrogens with zero attached hydrogens (tertiary/aromatic N) is 1. The van der Waals surface area contributed by atoms with Gasteiger partial charge in [0, 0.05) is 30.4 Å². The van der Waals surface area contributed by atoms with Crippen molar-refractivity contribution in [3.63, 3.8) is 0 Å². The molecule has 19 heavy (non-hydrogen) atoms. The molecule has 1 aromatic carbocycles. The molecule has 0 radical (unpaired) electrons. The van der Waals surface area contributed by atoms with E-state index in [2.05, 4.69) is 0 Å². The number of rotatable bonds is 2. The van der Waals surface area contributed by atoms with E-state index in [1.165, 1.54) is 6.08 Å². The van der Waals surface area contributed by atoms with Gasteiger partial charge < -0.3 is 10.6 Å². The van der Waals surface area contributed by atoms with Crippen LogP contribution >= 0.6 is 0 Å². The molecule has 0 fully saturated rings. The standard InChI is InChI=1S/C14H17F3N2/c1-10(18)12-4-2-3-5-13(12)19-8-6-11(7-9-19)14(15,16)17/h2-6,10H,7-9,18H2,1H3/t10-/m1/s1. The lowest BCUT2D eigenvalue weighted by atomic mass is 10.0. The van der Waals surface area contributed by atoms with Crippen molar-refractivity contribution in [2.24, 2.45) is 5.73 Å². The molecular weight excluding hydrogens is 253 g/mol. The molecule has 0 saturated carbocycles. The Bertz CT molecular complexity index is 478. The Morgan fingerprint density at radius 2 is 1.95 bits per heavy atom. The second-order valence-electron chi connectivity index (χ2n) is 4.77. The second kappa shape index (κ2) is 5.25. The summed E-state index contributed by atoms with van der Waals surface area (Å²) in [6.07, 6.45) is -2.91. The van der Waals surface area contributed by atoms with Gasteiger partial charge in [-0.05, 0) is 25.0 Å². The zero-order valence-corrected chi connectivity index (χ0v) is 10.7. The van der Waals surface area contributed by atoms with E-state index in [4.69, 9.17) is 5.73 Å². The highest BCUT2D eigenvalue weighted by Gasteiger charge is 2.34. The minimum Gasteiger partial charge on any atom is -0.367 e. The molecular formula is C14H17F3N2. The van der Waals surface area contributed by atoms with Crippen LogP contribution in [0.1, 0.15) is 24.9 Å². The van der Waals surface area contributed by atoms with Crippen LogP contribution in [0, 0.1) is 0 Å². The predicted octanol–water partition coefficient (Wildman–Crippen LogP) is 3.41. The van der Waals surface area contributed by atoms with Crippen LogP contribution in [0.3, 0.4) is 0 Å². The van der Waals surface area contributed by atoms with Crippen molar-refractivity contribution < 1.29 is 13.2 Å². The van der Waals surface area contributed by atoms with Gasteiger partial charge in [-0.3, -0.25) is 0 Å². The van der Waals surface area contributed by atoms with Gasteiger partial charge in [0.05, 0.1) is 0 Å². The van der Waals surface area contributed by atoms with Crippen molar-refractivity contribution >= 4 is 5.69 Å². The highest BCUT2D eigenvalue weighted by molar-refractivity contribution is 5.56. The van der Waals surface area contributed by atoms with Crippen molar-refractivity contribution in [3.05, 3.63) is 41.5 Å². The molecule has 2 rings (SSSR count). The maximum atomic E-state index is 12.6. The number of benzene rings is 1. The van der Waals surface area contributed by atoms with Gasteiger partial charge in [-0.1, -0.05) is 24.3 Å². The summed E-state index contributed by atoms with van der Waals surface area (Å²) in [5, 5.41) is 0. The fourth-order valence-corrected chi connectivity index (χ4v) is 2.31. The normalized spacial score (nSPS) is 18.2. The first-order chi connectivity index (χ1) is 8.89. The van der Waals surface area contributed by atoms with Crippen molar-refractivity contribution in [1.82, 2.24) is 0 Å². The van der Waals surface area contributed by atoms with Gasteiger partial charge in [0.15, 0.2) is 0 Å². The van der Waals surface area contributed by atoms with Gasteiger partial charge in [-0.25, -0.2) is 0 Å². The molecule has 2 nitrogen and oxygen atoms in total. The van der Waals surface area contributed by atoms with Crippen molar-refractivity contribution in [1.29, 1.82) is 0 Å². The first-order valence-corrected chi connectivity index (χ1v) is 6.25. The monoisotopic (exact) mass is 270 g/mol. The Hall–Kier alpha value is -1.49. The minimum absolute atomic E-state index is 0.0246. The smallest absolute Gasteiger partial charge is 0.367 e. The van der Waals surface area contributed by atoms with E-state index in [1.54, 1.807) is 0 Å². The third-order valence-corrected chi connectivity index (χ3v) is 3.34. The Morgan fingerprint density at radius 3 is 2.47 bits per heavy atom. The maximum absolute atomic E-state index is 12.6. The lowest BCUT2D eigenvalue weighted by Crippen LogP contribution is -2.32. The van der Waals surface area contributed by atoms with Crippen LogP contribution < -0.4 is 10.6 Å². The molecule has 104 valence electrons. The summed E-state index contributed by atoms with van der Waals surface area (Å²) < 4.78 is 37.7. The maximum Gasteiger partial charge on any atom is 0.412 e. The third-order valence-electron chi connectivity index (χ3n) is 3.34. The predicted molar refractivity (Wildman–Crippen MR) is 70.0 cm³/mol. The topological polar surface area (TPSA) is 29.3 Å². The first-order valence-electron chi connectivity index (χ1n) is 6.25. The zero-order valence-electron chi connectivity index (χ0n) is 10.7. The highest BCUT2D eigenvalue weighted by Crippen LogP contribution is 2.33. The molecule has 5 heteroatoms. The summed E-state index contributed by atoms with van der Waals surface area (Å²) in [6.45, 7) is 2.52. The fourth-order valence-electron chi connectivity index (χ4n) is 2.31. The molecule has 2 N–H and O–H groups in total. The molecule has 1 aromatic rings. The Labute approximate surface area is 110 Å². The number of hydrogen-bond acceptors (Lipinski definition) is 2. The molecule has 0 aromatic heterocycles. The summed E-state index contributed by atoms with van der Waals surface area (Å²) in [4.78, 5) is 1.94. The van der Waals surface area contributed by atoms with E-state index in [0.29, 0.717) is 6.54 Å². The lowest BCUT2D eigenvalue weighted by Gasteiger charge is -2.31. The van der Waals surface area contributed by atoms with Crippen molar-refractivity contribution in [2.75, 3.05) is 18.0 Å². The Kier molecular flexibility index (Phi) is 3.85. The second-order valence-corrected chi connectivity index (χ2v) is 4.77. The van der Waals surface area contributed by atoms with Gasteiger partial charge >= 0.3 is 6.18 Å². The van der Waals surface area contributed by atoms with Crippen LogP contribution in [0.15, 0.2) is 35.9 Å². The average Bonchev–Trinajstić information content (AvgIpc) is 2.38. The zero-order chi connectivity index (χ0) is 14.0. The van der Waals surface area contributed by atoms with Crippen LogP contribution in [-0.4, -0.2) is 19.3 Å². The molecule has 0 aliphatic carbocycles. The largest absolute Gasteiger partial charge is 0.412 e. The Morgan fingerprint density at radius 1 is 1.26 bits per heavy atom. The lowest BCUT2D eigenvalue weighted by molar-refractivity contribution is -0.0943. The number of hydrogen-bond donors (Lipinski definition) is 1. The van der Waals surface area contributed by atoms with E-state index in [9.17, 15) is 13.2 Å². The van der Waals surface area contributed by atoms with Gasteiger partial charge in [0.1, 0.15) is 0 Å². The summed E-state index contributed by atoms with van der Waals surface area (Å²) in [6, 6.07) is 7.46. The highest BCUT2D eigenvalue weighted by atomic mass is 19.4. The molecule has 0 saturated heterocycles.